The fourth-order valence-corrected chi connectivity index (χ4v) is 2.56. The minimum absolute atomic E-state index is 0.0972. The molecule has 1 saturated heterocycles. The zero-order chi connectivity index (χ0) is 13.1. The number of benzene rings is 1. The number of piperidine rings is 1. The van der Waals surface area contributed by atoms with Gasteiger partial charge >= 0.3 is 6.03 Å². The van der Waals surface area contributed by atoms with Crippen LogP contribution in [0.1, 0.15) is 20.3 Å². The topological polar surface area (TPSA) is 32.3 Å². The van der Waals surface area contributed by atoms with Crippen LogP contribution in [0.5, 0.6) is 0 Å². The highest BCUT2D eigenvalue weighted by molar-refractivity contribution is 5.89. The number of likely N-dealkylation sites (tertiary alicyclic amines) is 1. The van der Waals surface area contributed by atoms with E-state index in [4.69, 9.17) is 0 Å². The van der Waals surface area contributed by atoms with Crippen molar-refractivity contribution in [3.63, 3.8) is 0 Å². The number of hydrogen-bond donors (Lipinski definition) is 1. The lowest BCUT2D eigenvalue weighted by atomic mass is 9.92. The van der Waals surface area contributed by atoms with E-state index < -0.39 is 0 Å². The van der Waals surface area contributed by atoms with Gasteiger partial charge in [0, 0.05) is 18.8 Å². The molecule has 1 N–H and O–H groups in total. The summed E-state index contributed by atoms with van der Waals surface area (Å²) in [6, 6.07) is 5.74. The molecule has 0 aliphatic carbocycles. The summed E-state index contributed by atoms with van der Waals surface area (Å²) in [6.07, 6.45) is 1.17. The Labute approximate surface area is 107 Å². The van der Waals surface area contributed by atoms with Crippen LogP contribution in [0.25, 0.3) is 0 Å². The minimum atomic E-state index is -0.298. The third-order valence-electron chi connectivity index (χ3n) is 3.25. The summed E-state index contributed by atoms with van der Waals surface area (Å²) < 4.78 is 12.8. The fraction of sp³-hybridized carbons (Fsp3) is 0.500. The maximum atomic E-state index is 12.8. The molecule has 0 radical (unpaired) electrons. The monoisotopic (exact) mass is 250 g/mol. The molecule has 0 bridgehead atoms. The SMILES string of the molecule is C[C@H]1C[C@H](C)CN(C(=O)Nc2ccc(F)cc2)C1. The van der Waals surface area contributed by atoms with Crippen molar-refractivity contribution < 1.29 is 9.18 Å². The van der Waals surface area contributed by atoms with Crippen molar-refractivity contribution in [3.05, 3.63) is 30.1 Å². The molecule has 18 heavy (non-hydrogen) atoms. The van der Waals surface area contributed by atoms with Gasteiger partial charge in [-0.25, -0.2) is 9.18 Å². The first kappa shape index (κ1) is 12.9. The van der Waals surface area contributed by atoms with E-state index in [0.29, 0.717) is 17.5 Å². The van der Waals surface area contributed by atoms with Gasteiger partial charge in [0.15, 0.2) is 0 Å². The van der Waals surface area contributed by atoms with E-state index in [-0.39, 0.29) is 11.8 Å². The number of urea groups is 1. The third-order valence-corrected chi connectivity index (χ3v) is 3.25. The quantitative estimate of drug-likeness (QED) is 0.814. The second kappa shape index (κ2) is 5.38. The average molecular weight is 250 g/mol. The van der Waals surface area contributed by atoms with Crippen LogP contribution in [0.15, 0.2) is 24.3 Å². The van der Waals surface area contributed by atoms with Crippen molar-refractivity contribution in [2.24, 2.45) is 11.8 Å². The number of amides is 2. The van der Waals surface area contributed by atoms with Crippen molar-refractivity contribution in [1.29, 1.82) is 0 Å². The molecule has 0 saturated carbocycles. The van der Waals surface area contributed by atoms with E-state index in [1.165, 1.54) is 18.6 Å². The molecule has 2 amide bonds. The lowest BCUT2D eigenvalue weighted by Gasteiger charge is -2.34. The van der Waals surface area contributed by atoms with Gasteiger partial charge in [-0.3, -0.25) is 0 Å². The summed E-state index contributed by atoms with van der Waals surface area (Å²) in [5.41, 5.74) is 0.632. The van der Waals surface area contributed by atoms with E-state index >= 15 is 0 Å². The molecule has 1 aliphatic heterocycles. The van der Waals surface area contributed by atoms with Crippen LogP contribution in [0.3, 0.4) is 0 Å². The highest BCUT2D eigenvalue weighted by atomic mass is 19.1. The smallest absolute Gasteiger partial charge is 0.321 e. The number of hydrogen-bond acceptors (Lipinski definition) is 1. The van der Waals surface area contributed by atoms with Crippen LogP contribution < -0.4 is 5.32 Å². The zero-order valence-electron chi connectivity index (χ0n) is 10.8. The Kier molecular flexibility index (Phi) is 3.84. The number of rotatable bonds is 1. The summed E-state index contributed by atoms with van der Waals surface area (Å²) in [5.74, 6) is 0.772. The summed E-state index contributed by atoms with van der Waals surface area (Å²) in [4.78, 5) is 13.9. The fourth-order valence-electron chi connectivity index (χ4n) is 2.56. The Hall–Kier alpha value is -1.58. The number of nitrogens with one attached hydrogen (secondary N) is 1. The standard InChI is InChI=1S/C14H19FN2O/c1-10-7-11(2)9-17(8-10)14(18)16-13-5-3-12(15)4-6-13/h3-6,10-11H,7-9H2,1-2H3,(H,16,18)/t10-,11-/m0/s1. The van der Waals surface area contributed by atoms with Gasteiger partial charge in [0.2, 0.25) is 0 Å². The molecule has 2 rings (SSSR count). The maximum Gasteiger partial charge on any atom is 0.321 e. The van der Waals surface area contributed by atoms with E-state index in [9.17, 15) is 9.18 Å². The first-order valence-corrected chi connectivity index (χ1v) is 6.36. The Morgan fingerprint density at radius 1 is 1.22 bits per heavy atom. The molecule has 1 fully saturated rings. The lowest BCUT2D eigenvalue weighted by Crippen LogP contribution is -2.44. The Morgan fingerprint density at radius 2 is 1.78 bits per heavy atom. The minimum Gasteiger partial charge on any atom is -0.324 e. The molecule has 3 nitrogen and oxygen atoms in total. The van der Waals surface area contributed by atoms with Crippen LogP contribution in [-0.2, 0) is 0 Å². The van der Waals surface area contributed by atoms with E-state index in [0.717, 1.165) is 13.1 Å². The Balaban J connectivity index is 1.97. The molecular formula is C14H19FN2O. The van der Waals surface area contributed by atoms with Crippen LogP contribution in [0.2, 0.25) is 0 Å². The lowest BCUT2D eigenvalue weighted by molar-refractivity contribution is 0.156. The summed E-state index contributed by atoms with van der Waals surface area (Å²) in [7, 11) is 0. The zero-order valence-corrected chi connectivity index (χ0v) is 10.8. The highest BCUT2D eigenvalue weighted by Gasteiger charge is 2.25. The van der Waals surface area contributed by atoms with Gasteiger partial charge in [-0.1, -0.05) is 13.8 Å². The molecule has 4 heteroatoms. The second-order valence-electron chi connectivity index (χ2n) is 5.29. The highest BCUT2D eigenvalue weighted by Crippen LogP contribution is 2.21. The van der Waals surface area contributed by atoms with Gasteiger partial charge in [0.05, 0.1) is 0 Å². The van der Waals surface area contributed by atoms with Crippen LogP contribution >= 0.6 is 0 Å². The molecule has 0 spiro atoms. The molecular weight excluding hydrogens is 231 g/mol. The largest absolute Gasteiger partial charge is 0.324 e. The summed E-state index contributed by atoms with van der Waals surface area (Å²) in [6.45, 7) is 5.90. The van der Waals surface area contributed by atoms with E-state index in [1.54, 1.807) is 12.1 Å². The van der Waals surface area contributed by atoms with Gasteiger partial charge in [0.1, 0.15) is 5.82 Å². The summed E-state index contributed by atoms with van der Waals surface area (Å²) in [5, 5.41) is 2.80. The molecule has 0 unspecified atom stereocenters. The van der Waals surface area contributed by atoms with Crippen molar-refractivity contribution in [2.75, 3.05) is 18.4 Å². The molecule has 2 atom stereocenters. The number of carbonyl (C=O) groups is 1. The number of carbonyl (C=O) groups excluding carboxylic acids is 1. The number of anilines is 1. The molecule has 1 aromatic carbocycles. The van der Waals surface area contributed by atoms with Gasteiger partial charge in [-0.15, -0.1) is 0 Å². The van der Waals surface area contributed by atoms with Crippen molar-refractivity contribution in [1.82, 2.24) is 4.90 Å². The number of halogens is 1. The Bertz CT molecular complexity index is 408. The second-order valence-corrected chi connectivity index (χ2v) is 5.29. The van der Waals surface area contributed by atoms with Gasteiger partial charge in [0.25, 0.3) is 0 Å². The first-order valence-electron chi connectivity index (χ1n) is 6.36. The van der Waals surface area contributed by atoms with Crippen molar-refractivity contribution >= 4 is 11.7 Å². The van der Waals surface area contributed by atoms with E-state index in [1.807, 2.05) is 4.90 Å². The summed E-state index contributed by atoms with van der Waals surface area (Å²) >= 11 is 0. The van der Waals surface area contributed by atoms with Gasteiger partial charge in [-0.05, 0) is 42.5 Å². The first-order chi connectivity index (χ1) is 8.54. The molecule has 0 aromatic heterocycles. The van der Waals surface area contributed by atoms with Gasteiger partial charge in [-0.2, -0.15) is 0 Å². The predicted octanol–water partition coefficient (Wildman–Crippen LogP) is 3.34. The normalized spacial score (nSPS) is 23.8. The van der Waals surface area contributed by atoms with Crippen molar-refractivity contribution in [2.45, 2.75) is 20.3 Å². The van der Waals surface area contributed by atoms with Crippen LogP contribution in [-0.4, -0.2) is 24.0 Å². The molecule has 1 aliphatic rings. The third kappa shape index (κ3) is 3.22. The van der Waals surface area contributed by atoms with Crippen molar-refractivity contribution in [3.8, 4) is 0 Å². The molecule has 98 valence electrons. The predicted molar refractivity (Wildman–Crippen MR) is 69.9 cm³/mol. The average Bonchev–Trinajstić information content (AvgIpc) is 2.31. The molecule has 1 heterocycles. The molecule has 1 aromatic rings. The van der Waals surface area contributed by atoms with Crippen LogP contribution in [0, 0.1) is 17.7 Å². The maximum absolute atomic E-state index is 12.8. The Morgan fingerprint density at radius 3 is 2.33 bits per heavy atom. The van der Waals surface area contributed by atoms with Crippen LogP contribution in [0.4, 0.5) is 14.9 Å². The number of nitrogens with zero attached hydrogens (tertiary/aromatic N) is 1. The van der Waals surface area contributed by atoms with Gasteiger partial charge < -0.3 is 10.2 Å². The van der Waals surface area contributed by atoms with E-state index in [2.05, 4.69) is 19.2 Å².